The third-order valence-electron chi connectivity index (χ3n) is 3.17. The fourth-order valence-electron chi connectivity index (χ4n) is 2.26. The molecule has 96 valence electrons. The van der Waals surface area contributed by atoms with Crippen LogP contribution in [0.1, 0.15) is 18.9 Å². The average Bonchev–Trinajstić information content (AvgIpc) is 2.98. The summed E-state index contributed by atoms with van der Waals surface area (Å²) < 4.78 is 0. The van der Waals surface area contributed by atoms with Gasteiger partial charge in [0.1, 0.15) is 0 Å². The van der Waals surface area contributed by atoms with Crippen LogP contribution in [0.15, 0.2) is 35.3 Å². The van der Waals surface area contributed by atoms with E-state index in [1.807, 2.05) is 49.5 Å². The van der Waals surface area contributed by atoms with Gasteiger partial charge in [-0.3, -0.25) is 15.0 Å². The molecule has 1 aromatic carbocycles. The Morgan fingerprint density at radius 3 is 2.89 bits per heavy atom. The highest BCUT2D eigenvalue weighted by Crippen LogP contribution is 2.17. The van der Waals surface area contributed by atoms with E-state index in [0.29, 0.717) is 5.22 Å². The van der Waals surface area contributed by atoms with Crippen molar-refractivity contribution >= 4 is 23.1 Å². The van der Waals surface area contributed by atoms with E-state index in [2.05, 4.69) is 15.2 Å². The molecule has 0 amide bonds. The summed E-state index contributed by atoms with van der Waals surface area (Å²) in [6.07, 6.45) is 6.71. The number of H-pyrrole nitrogens is 3. The highest BCUT2D eigenvalue weighted by molar-refractivity contribution is 5.88. The van der Waals surface area contributed by atoms with Crippen molar-refractivity contribution in [2.24, 2.45) is 0 Å². The van der Waals surface area contributed by atoms with Crippen molar-refractivity contribution in [2.45, 2.75) is 13.3 Å². The Balaban J connectivity index is 2.30. The number of hydrogen-bond acceptors (Lipinski definition) is 1. The smallest absolute Gasteiger partial charge is 0.271 e. The Hall–Kier alpha value is -2.49. The molecule has 0 saturated carbocycles. The summed E-state index contributed by atoms with van der Waals surface area (Å²) in [6, 6.07) is 8.05. The highest BCUT2D eigenvalue weighted by atomic mass is 16.1. The van der Waals surface area contributed by atoms with E-state index in [0.717, 1.165) is 28.2 Å². The van der Waals surface area contributed by atoms with Crippen LogP contribution in [0.2, 0.25) is 0 Å². The molecule has 0 radical (unpaired) electrons. The summed E-state index contributed by atoms with van der Waals surface area (Å²) in [5, 5.41) is 8.16. The second-order valence-electron chi connectivity index (χ2n) is 4.45. The maximum absolute atomic E-state index is 11.8. The molecular weight excluding hydrogens is 238 g/mol. The summed E-state index contributed by atoms with van der Waals surface area (Å²) in [7, 11) is 0. The lowest BCUT2D eigenvalue weighted by atomic mass is 10.1. The van der Waals surface area contributed by atoms with Crippen LogP contribution in [0.5, 0.6) is 0 Å². The summed E-state index contributed by atoms with van der Waals surface area (Å²) >= 11 is 0. The van der Waals surface area contributed by atoms with Crippen LogP contribution in [0.3, 0.4) is 0 Å². The Morgan fingerprint density at radius 1 is 1.21 bits per heavy atom. The van der Waals surface area contributed by atoms with Crippen LogP contribution in [0.25, 0.3) is 23.1 Å². The molecule has 4 nitrogen and oxygen atoms in total. The second kappa shape index (κ2) is 4.65. The van der Waals surface area contributed by atoms with Gasteiger partial charge in [0.2, 0.25) is 0 Å². The molecule has 0 aliphatic rings. The topological polar surface area (TPSA) is 64.4 Å². The molecule has 0 aliphatic heterocycles. The van der Waals surface area contributed by atoms with Gasteiger partial charge in [0.15, 0.2) is 0 Å². The first-order valence-corrected chi connectivity index (χ1v) is 6.34. The first kappa shape index (κ1) is 11.6. The quantitative estimate of drug-likeness (QED) is 0.631. The second-order valence-corrected chi connectivity index (χ2v) is 4.45. The Labute approximate surface area is 109 Å². The number of fused-ring (bicyclic) bond motifs is 1. The molecule has 3 aromatic rings. The largest absolute Gasteiger partial charge is 0.361 e. The molecule has 0 atom stereocenters. The van der Waals surface area contributed by atoms with Crippen molar-refractivity contribution in [1.82, 2.24) is 15.2 Å². The van der Waals surface area contributed by atoms with Crippen molar-refractivity contribution in [3.05, 3.63) is 56.9 Å². The number of aromatic amines is 3. The van der Waals surface area contributed by atoms with E-state index in [1.54, 1.807) is 0 Å². The summed E-state index contributed by atoms with van der Waals surface area (Å²) in [4.78, 5) is 15.0. The normalized spacial score (nSPS) is 13.5. The van der Waals surface area contributed by atoms with Crippen molar-refractivity contribution < 1.29 is 0 Å². The van der Waals surface area contributed by atoms with Crippen molar-refractivity contribution in [2.75, 3.05) is 0 Å². The summed E-state index contributed by atoms with van der Waals surface area (Å²) in [5.74, 6) is 0. The molecular formula is C15H15N3O. The first-order chi connectivity index (χ1) is 9.29. The third kappa shape index (κ3) is 2.01. The van der Waals surface area contributed by atoms with E-state index in [9.17, 15) is 4.79 Å². The Morgan fingerprint density at radius 2 is 2.05 bits per heavy atom. The molecule has 0 saturated heterocycles. The predicted octanol–water partition coefficient (Wildman–Crippen LogP) is 1.20. The van der Waals surface area contributed by atoms with Crippen molar-refractivity contribution in [3.8, 4) is 0 Å². The standard InChI is InChI=1S/C15H15N3O/c1-2-5-14-12(15(19)18-17-14)8-10-9-16-13-7-4-3-6-11(10)13/h3-9,16-17H,2H2,1H3,(H,18,19). The zero-order valence-corrected chi connectivity index (χ0v) is 10.7. The molecule has 0 bridgehead atoms. The van der Waals surface area contributed by atoms with Gasteiger partial charge < -0.3 is 4.98 Å². The third-order valence-corrected chi connectivity index (χ3v) is 3.17. The molecule has 3 rings (SSSR count). The van der Waals surface area contributed by atoms with Gasteiger partial charge in [-0.15, -0.1) is 0 Å². The molecule has 0 fully saturated rings. The predicted molar refractivity (Wildman–Crippen MR) is 77.3 cm³/mol. The van der Waals surface area contributed by atoms with Crippen LogP contribution < -0.4 is 16.1 Å². The maximum Gasteiger partial charge on any atom is 0.271 e. The van der Waals surface area contributed by atoms with Crippen LogP contribution >= 0.6 is 0 Å². The number of para-hydroxylation sites is 1. The van der Waals surface area contributed by atoms with Gasteiger partial charge in [0.25, 0.3) is 5.56 Å². The van der Waals surface area contributed by atoms with Gasteiger partial charge in [-0.25, -0.2) is 0 Å². The minimum Gasteiger partial charge on any atom is -0.361 e. The van der Waals surface area contributed by atoms with Gasteiger partial charge in [0.05, 0.1) is 10.6 Å². The lowest BCUT2D eigenvalue weighted by Crippen LogP contribution is -2.33. The van der Waals surface area contributed by atoms with Gasteiger partial charge >= 0.3 is 0 Å². The molecule has 0 spiro atoms. The summed E-state index contributed by atoms with van der Waals surface area (Å²) in [5.41, 5.74) is 2.00. The van der Waals surface area contributed by atoms with E-state index in [-0.39, 0.29) is 5.56 Å². The van der Waals surface area contributed by atoms with Crippen molar-refractivity contribution in [1.29, 1.82) is 0 Å². The number of aromatic nitrogens is 3. The van der Waals surface area contributed by atoms with E-state index < -0.39 is 0 Å². The van der Waals surface area contributed by atoms with Gasteiger partial charge in [-0.05, 0) is 18.6 Å². The fraction of sp³-hybridized carbons (Fsp3) is 0.133. The first-order valence-electron chi connectivity index (χ1n) is 6.34. The van der Waals surface area contributed by atoms with Crippen LogP contribution in [0.4, 0.5) is 0 Å². The number of nitrogens with one attached hydrogen (secondary N) is 3. The van der Waals surface area contributed by atoms with Crippen LogP contribution in [0, 0.1) is 0 Å². The molecule has 4 heteroatoms. The Bertz CT molecular complexity index is 880. The zero-order valence-electron chi connectivity index (χ0n) is 10.7. The molecule has 2 aromatic heterocycles. The van der Waals surface area contributed by atoms with Crippen molar-refractivity contribution in [3.63, 3.8) is 0 Å². The van der Waals surface area contributed by atoms with Gasteiger partial charge in [-0.2, -0.15) is 0 Å². The lowest BCUT2D eigenvalue weighted by Gasteiger charge is -1.89. The van der Waals surface area contributed by atoms with E-state index >= 15 is 0 Å². The molecule has 0 unspecified atom stereocenters. The molecule has 0 aliphatic carbocycles. The highest BCUT2D eigenvalue weighted by Gasteiger charge is 2.01. The maximum atomic E-state index is 11.8. The fourth-order valence-corrected chi connectivity index (χ4v) is 2.26. The molecule has 2 heterocycles. The SMILES string of the molecule is CCC=c1[nH][nH]c(=O)c1=Cc1c[nH]c2ccccc12. The van der Waals surface area contributed by atoms with Crippen LogP contribution in [-0.2, 0) is 0 Å². The lowest BCUT2D eigenvalue weighted by molar-refractivity contribution is 1.03. The van der Waals surface area contributed by atoms with E-state index in [1.165, 1.54) is 0 Å². The molecule has 3 N–H and O–H groups in total. The van der Waals surface area contributed by atoms with Gasteiger partial charge in [-0.1, -0.05) is 31.2 Å². The zero-order chi connectivity index (χ0) is 13.2. The number of hydrogen-bond donors (Lipinski definition) is 3. The minimum absolute atomic E-state index is 0.0926. The number of rotatable bonds is 2. The monoisotopic (exact) mass is 253 g/mol. The van der Waals surface area contributed by atoms with Crippen LogP contribution in [-0.4, -0.2) is 15.2 Å². The minimum atomic E-state index is -0.0926. The Kier molecular flexibility index (Phi) is 2.83. The average molecular weight is 253 g/mol. The van der Waals surface area contributed by atoms with Gasteiger partial charge in [0, 0.05) is 22.7 Å². The number of benzene rings is 1. The molecule has 19 heavy (non-hydrogen) atoms. The van der Waals surface area contributed by atoms with E-state index in [4.69, 9.17) is 0 Å². The summed E-state index contributed by atoms with van der Waals surface area (Å²) in [6.45, 7) is 2.04.